The molecule has 4 heteroatoms. The molecule has 11 aromatic rings. The van der Waals surface area contributed by atoms with E-state index in [-0.39, 0.29) is 0 Å². The van der Waals surface area contributed by atoms with Gasteiger partial charge in [-0.2, -0.15) is 0 Å². The Morgan fingerprint density at radius 1 is 0.340 bits per heavy atom. The van der Waals surface area contributed by atoms with Gasteiger partial charge in [-0.3, -0.25) is 4.40 Å². The second-order valence-corrected chi connectivity index (χ2v) is 12.4. The number of pyridine rings is 1. The Labute approximate surface area is 268 Å². The average Bonchev–Trinajstić information content (AvgIpc) is 3.79. The number of hydrogen-bond acceptors (Lipinski definition) is 1. The van der Waals surface area contributed by atoms with Crippen molar-refractivity contribution in [3.63, 3.8) is 0 Å². The van der Waals surface area contributed by atoms with Crippen LogP contribution in [0.3, 0.4) is 0 Å². The average molecular weight is 599 g/mol. The predicted molar refractivity (Wildman–Crippen MR) is 196 cm³/mol. The molecule has 4 nitrogen and oxygen atoms in total. The van der Waals surface area contributed by atoms with Crippen molar-refractivity contribution in [2.24, 2.45) is 0 Å². The fourth-order valence-corrected chi connectivity index (χ4v) is 8.08. The van der Waals surface area contributed by atoms with Gasteiger partial charge in [0.1, 0.15) is 5.65 Å². The summed E-state index contributed by atoms with van der Waals surface area (Å²) in [7, 11) is 0. The van der Waals surface area contributed by atoms with Crippen LogP contribution in [0.25, 0.3) is 93.3 Å². The van der Waals surface area contributed by atoms with E-state index < -0.39 is 0 Å². The van der Waals surface area contributed by atoms with Crippen LogP contribution < -0.4 is 0 Å². The summed E-state index contributed by atoms with van der Waals surface area (Å²) >= 11 is 0. The summed E-state index contributed by atoms with van der Waals surface area (Å²) < 4.78 is 7.18. The third-order valence-corrected chi connectivity index (χ3v) is 9.97. The van der Waals surface area contributed by atoms with Crippen molar-refractivity contribution >= 4 is 82.0 Å². The van der Waals surface area contributed by atoms with Crippen LogP contribution >= 0.6 is 0 Å². The molecule has 7 aromatic carbocycles. The minimum absolute atomic E-state index is 0.984. The number of hydrogen-bond donors (Lipinski definition) is 0. The third-order valence-electron chi connectivity index (χ3n) is 9.97. The topological polar surface area (TPSA) is 27.2 Å². The Kier molecular flexibility index (Phi) is 4.81. The molecule has 0 aliphatic carbocycles. The van der Waals surface area contributed by atoms with Crippen LogP contribution in [0.2, 0.25) is 0 Å². The predicted octanol–water partition coefficient (Wildman–Crippen LogP) is 11.0. The van der Waals surface area contributed by atoms with Crippen molar-refractivity contribution < 1.29 is 0 Å². The molecular formula is C43H26N4. The summed E-state index contributed by atoms with van der Waals surface area (Å²) in [4.78, 5) is 5.23. The highest BCUT2D eigenvalue weighted by Crippen LogP contribution is 2.44. The van der Waals surface area contributed by atoms with Crippen LogP contribution in [0.4, 0.5) is 0 Å². The maximum atomic E-state index is 5.23. The summed E-state index contributed by atoms with van der Waals surface area (Å²) in [5.74, 6) is 0. The molecule has 4 heterocycles. The first-order valence-corrected chi connectivity index (χ1v) is 16.1. The molecule has 47 heavy (non-hydrogen) atoms. The minimum atomic E-state index is 0.984. The molecule has 0 saturated carbocycles. The molecule has 0 amide bonds. The van der Waals surface area contributed by atoms with E-state index in [1.54, 1.807) is 0 Å². The number of nitrogens with zero attached hydrogens (tertiary/aromatic N) is 4. The van der Waals surface area contributed by atoms with Crippen LogP contribution in [0, 0.1) is 0 Å². The van der Waals surface area contributed by atoms with E-state index in [9.17, 15) is 0 Å². The second-order valence-electron chi connectivity index (χ2n) is 12.4. The van der Waals surface area contributed by atoms with E-state index in [4.69, 9.17) is 4.98 Å². The quantitative estimate of drug-likeness (QED) is 0.182. The zero-order chi connectivity index (χ0) is 30.6. The Bertz CT molecular complexity index is 3050. The molecule has 4 aromatic heterocycles. The van der Waals surface area contributed by atoms with Crippen LogP contribution in [-0.4, -0.2) is 18.5 Å². The van der Waals surface area contributed by atoms with E-state index >= 15 is 0 Å². The first-order chi connectivity index (χ1) is 23.3. The van der Waals surface area contributed by atoms with E-state index in [0.29, 0.717) is 0 Å². The molecule has 0 unspecified atom stereocenters. The summed E-state index contributed by atoms with van der Waals surface area (Å²) in [5, 5.41) is 8.62. The van der Waals surface area contributed by atoms with Gasteiger partial charge in [0.15, 0.2) is 0 Å². The molecule has 0 aliphatic heterocycles. The van der Waals surface area contributed by atoms with E-state index in [1.165, 1.54) is 59.9 Å². The van der Waals surface area contributed by atoms with Gasteiger partial charge in [-0.1, -0.05) is 84.9 Å². The molecule has 0 atom stereocenters. The molecule has 0 saturated heterocycles. The molecule has 0 bridgehead atoms. The molecule has 0 spiro atoms. The highest BCUT2D eigenvalue weighted by atomic mass is 15.0. The number of imidazole rings is 1. The zero-order valence-corrected chi connectivity index (χ0v) is 25.3. The summed E-state index contributed by atoms with van der Waals surface area (Å²) in [6.45, 7) is 0. The van der Waals surface area contributed by atoms with Gasteiger partial charge >= 0.3 is 0 Å². The van der Waals surface area contributed by atoms with Crippen LogP contribution in [0.1, 0.15) is 0 Å². The molecule has 218 valence electrons. The van der Waals surface area contributed by atoms with E-state index in [1.807, 2.05) is 0 Å². The maximum Gasteiger partial charge on any atom is 0.146 e. The first kappa shape index (κ1) is 24.9. The standard InChI is InChI=1S/C43H26N4/c1-3-13-27(14-4-1)45-36-21-11-8-18-30(36)41-38(45)23-24-39-42(41)33-25-31-29-17-7-10-20-35(29)47-37-22-12-9-19-34(37)44-43(47)32(31)26-40(33)46(39)28-15-5-2-6-16-28/h1-26H. The van der Waals surface area contributed by atoms with E-state index in [2.05, 4.69) is 171 Å². The molecule has 0 fully saturated rings. The van der Waals surface area contributed by atoms with E-state index in [0.717, 1.165) is 33.4 Å². The highest BCUT2D eigenvalue weighted by molar-refractivity contribution is 6.31. The Balaban J connectivity index is 1.41. The monoisotopic (exact) mass is 598 g/mol. The van der Waals surface area contributed by atoms with Gasteiger partial charge in [-0.25, -0.2) is 4.98 Å². The van der Waals surface area contributed by atoms with Crippen LogP contribution in [-0.2, 0) is 0 Å². The smallest absolute Gasteiger partial charge is 0.146 e. The Hall–Kier alpha value is -6.39. The minimum Gasteiger partial charge on any atom is -0.309 e. The van der Waals surface area contributed by atoms with Crippen LogP contribution in [0.15, 0.2) is 158 Å². The van der Waals surface area contributed by atoms with Crippen molar-refractivity contribution in [1.82, 2.24) is 18.5 Å². The maximum absolute atomic E-state index is 5.23. The number of aromatic nitrogens is 4. The van der Waals surface area contributed by atoms with Gasteiger partial charge in [0.25, 0.3) is 0 Å². The largest absolute Gasteiger partial charge is 0.309 e. The molecule has 0 aliphatic rings. The van der Waals surface area contributed by atoms with Crippen LogP contribution in [0.5, 0.6) is 0 Å². The Morgan fingerprint density at radius 3 is 1.62 bits per heavy atom. The lowest BCUT2D eigenvalue weighted by atomic mass is 10.0. The number of rotatable bonds is 2. The van der Waals surface area contributed by atoms with Crippen molar-refractivity contribution in [2.45, 2.75) is 0 Å². The molecular weight excluding hydrogens is 573 g/mol. The lowest BCUT2D eigenvalue weighted by molar-refractivity contribution is 1.17. The zero-order valence-electron chi connectivity index (χ0n) is 25.3. The van der Waals surface area contributed by atoms with Gasteiger partial charge in [0.2, 0.25) is 0 Å². The van der Waals surface area contributed by atoms with Crippen molar-refractivity contribution in [3.05, 3.63) is 158 Å². The second kappa shape index (κ2) is 9.09. The molecule has 11 rings (SSSR count). The summed E-state index contributed by atoms with van der Waals surface area (Å²) in [6, 6.07) is 56.9. The van der Waals surface area contributed by atoms with Crippen molar-refractivity contribution in [2.75, 3.05) is 0 Å². The van der Waals surface area contributed by atoms with Gasteiger partial charge in [-0.05, 0) is 78.2 Å². The lowest BCUT2D eigenvalue weighted by Gasteiger charge is -2.11. The normalized spacial score (nSPS) is 12.3. The third kappa shape index (κ3) is 3.23. The van der Waals surface area contributed by atoms with Crippen molar-refractivity contribution in [3.8, 4) is 11.4 Å². The summed E-state index contributed by atoms with van der Waals surface area (Å²) in [5.41, 5.74) is 11.4. The summed E-state index contributed by atoms with van der Waals surface area (Å²) in [6.07, 6.45) is 0. The number of para-hydroxylation sites is 6. The van der Waals surface area contributed by atoms with Gasteiger partial charge < -0.3 is 9.13 Å². The van der Waals surface area contributed by atoms with Crippen molar-refractivity contribution in [1.29, 1.82) is 0 Å². The van der Waals surface area contributed by atoms with Gasteiger partial charge in [0, 0.05) is 43.7 Å². The fourth-order valence-electron chi connectivity index (χ4n) is 8.08. The SMILES string of the molecule is c1ccc(-n2c3ccccc3c3c4c5cc6c7ccccc7n7c8ccccc8nc7c6cc5n(-c5ccccc5)c4ccc32)cc1. The Morgan fingerprint density at radius 2 is 0.894 bits per heavy atom. The first-order valence-electron chi connectivity index (χ1n) is 16.1. The van der Waals surface area contributed by atoms with Gasteiger partial charge in [-0.15, -0.1) is 0 Å². The highest BCUT2D eigenvalue weighted by Gasteiger charge is 2.22. The molecule has 0 N–H and O–H groups in total. The fraction of sp³-hybridized carbons (Fsp3) is 0. The number of fused-ring (bicyclic) bond motifs is 15. The molecule has 0 radical (unpaired) electrons. The lowest BCUT2D eigenvalue weighted by Crippen LogP contribution is -1.95. The number of benzene rings is 7. The van der Waals surface area contributed by atoms with Gasteiger partial charge in [0.05, 0.1) is 38.6 Å².